The highest BCUT2D eigenvalue weighted by Gasteiger charge is 2.17. The Bertz CT molecular complexity index is 1150. The number of hydrogen-bond acceptors (Lipinski definition) is 10. The highest BCUT2D eigenvalue weighted by Crippen LogP contribution is 2.32. The smallest absolute Gasteiger partial charge is 0.348 e. The first-order valence-electron chi connectivity index (χ1n) is 8.22. The van der Waals surface area contributed by atoms with E-state index in [2.05, 4.69) is 35.7 Å². The summed E-state index contributed by atoms with van der Waals surface area (Å²) in [5, 5.41) is 12.4. The number of carbonyl (C=O) groups excluding carboxylic acids is 1. The fourth-order valence-electron chi connectivity index (χ4n) is 2.60. The van der Waals surface area contributed by atoms with E-state index in [0.717, 1.165) is 16.0 Å². The Kier molecular flexibility index (Phi) is 4.57. The molecule has 0 unspecified atom stereocenters. The van der Waals surface area contributed by atoms with Gasteiger partial charge in [0.05, 0.1) is 35.6 Å². The molecule has 4 rings (SSSR count). The molecule has 2 N–H and O–H groups in total. The molecule has 4 aromatic rings. The maximum atomic E-state index is 11.7. The number of aromatic nitrogens is 6. The van der Waals surface area contributed by atoms with E-state index >= 15 is 0 Å². The second kappa shape index (κ2) is 7.19. The van der Waals surface area contributed by atoms with Crippen molar-refractivity contribution in [3.8, 4) is 0 Å². The molecular weight excluding hydrogens is 380 g/mol. The summed E-state index contributed by atoms with van der Waals surface area (Å²) in [4.78, 5) is 29.0. The van der Waals surface area contributed by atoms with E-state index in [1.807, 2.05) is 6.92 Å². The molecule has 4 heterocycles. The normalized spacial score (nSPS) is 10.8. The van der Waals surface area contributed by atoms with Gasteiger partial charge in [-0.1, -0.05) is 0 Å². The van der Waals surface area contributed by atoms with Crippen LogP contribution in [0.25, 0.3) is 11.0 Å². The molecule has 0 aliphatic rings. The second-order valence-electron chi connectivity index (χ2n) is 5.89. The number of hydrogen-bond donors (Lipinski definition) is 2. The Labute approximate surface area is 163 Å². The van der Waals surface area contributed by atoms with Crippen LogP contribution in [0.15, 0.2) is 31.0 Å². The minimum atomic E-state index is -0.365. The Morgan fingerprint density at radius 1 is 1.21 bits per heavy atom. The lowest BCUT2D eigenvalue weighted by Gasteiger charge is -2.04. The van der Waals surface area contributed by atoms with Crippen LogP contribution in [0.2, 0.25) is 0 Å². The number of carbonyl (C=O) groups is 1. The highest BCUT2D eigenvalue weighted by molar-refractivity contribution is 7.18. The van der Waals surface area contributed by atoms with E-state index in [0.29, 0.717) is 28.0 Å². The SMILES string of the molecule is COC(=O)c1cc(C)c(Nc2nn(C)c3nc(Nc4cncnc4)ncc23)s1. The molecule has 0 aliphatic heterocycles. The first-order chi connectivity index (χ1) is 13.5. The number of methoxy groups -OCH3 is 1. The Morgan fingerprint density at radius 3 is 2.75 bits per heavy atom. The molecule has 0 bridgehead atoms. The standard InChI is InChI=1S/C17H16N8O2S/c1-9-4-12(16(26)27-3)28-15(9)22-13-11-7-20-17(23-14(11)25(2)24-13)21-10-5-18-8-19-6-10/h4-8H,1-3H3,(H,22,24)(H,20,21,23). The van der Waals surface area contributed by atoms with Crippen LogP contribution >= 0.6 is 11.3 Å². The average molecular weight is 396 g/mol. The summed E-state index contributed by atoms with van der Waals surface area (Å²) in [6, 6.07) is 1.78. The summed E-state index contributed by atoms with van der Waals surface area (Å²) >= 11 is 1.31. The van der Waals surface area contributed by atoms with Gasteiger partial charge in [-0.05, 0) is 18.6 Å². The van der Waals surface area contributed by atoms with E-state index in [1.165, 1.54) is 24.8 Å². The van der Waals surface area contributed by atoms with Crippen LogP contribution in [-0.4, -0.2) is 42.8 Å². The predicted molar refractivity (Wildman–Crippen MR) is 105 cm³/mol. The number of aryl methyl sites for hydroxylation is 2. The van der Waals surface area contributed by atoms with Crippen LogP contribution in [0.1, 0.15) is 15.2 Å². The number of anilines is 4. The zero-order valence-electron chi connectivity index (χ0n) is 15.3. The Morgan fingerprint density at radius 2 is 2.00 bits per heavy atom. The van der Waals surface area contributed by atoms with Gasteiger partial charge >= 0.3 is 5.97 Å². The number of fused-ring (bicyclic) bond motifs is 1. The number of esters is 1. The zero-order valence-corrected chi connectivity index (χ0v) is 16.1. The van der Waals surface area contributed by atoms with Gasteiger partial charge in [0.1, 0.15) is 11.2 Å². The molecule has 0 fully saturated rings. The van der Waals surface area contributed by atoms with Crippen molar-refractivity contribution in [1.82, 2.24) is 29.7 Å². The number of nitrogens with zero attached hydrogens (tertiary/aromatic N) is 6. The fraction of sp³-hybridized carbons (Fsp3) is 0.176. The van der Waals surface area contributed by atoms with Crippen LogP contribution in [0.4, 0.5) is 22.5 Å². The molecule has 28 heavy (non-hydrogen) atoms. The van der Waals surface area contributed by atoms with E-state index in [-0.39, 0.29) is 5.97 Å². The lowest BCUT2D eigenvalue weighted by Crippen LogP contribution is -1.99. The number of nitrogens with one attached hydrogen (secondary N) is 2. The summed E-state index contributed by atoms with van der Waals surface area (Å²) in [6.45, 7) is 1.91. The van der Waals surface area contributed by atoms with Gasteiger partial charge in [0.25, 0.3) is 0 Å². The highest BCUT2D eigenvalue weighted by atomic mass is 32.1. The van der Waals surface area contributed by atoms with Crippen molar-refractivity contribution in [2.75, 3.05) is 17.7 Å². The summed E-state index contributed by atoms with van der Waals surface area (Å²) in [5.74, 6) is 0.654. The van der Waals surface area contributed by atoms with Gasteiger partial charge in [-0.2, -0.15) is 10.1 Å². The maximum Gasteiger partial charge on any atom is 0.348 e. The third-order valence-corrected chi connectivity index (χ3v) is 5.07. The van der Waals surface area contributed by atoms with Crippen LogP contribution in [0.3, 0.4) is 0 Å². The molecule has 142 valence electrons. The first kappa shape index (κ1) is 17.8. The van der Waals surface area contributed by atoms with Crippen molar-refractivity contribution < 1.29 is 9.53 Å². The lowest BCUT2D eigenvalue weighted by atomic mass is 10.3. The molecule has 0 amide bonds. The molecule has 0 aromatic carbocycles. The lowest BCUT2D eigenvalue weighted by molar-refractivity contribution is 0.0606. The molecule has 11 heteroatoms. The second-order valence-corrected chi connectivity index (χ2v) is 6.95. The van der Waals surface area contributed by atoms with Gasteiger partial charge in [-0.3, -0.25) is 0 Å². The van der Waals surface area contributed by atoms with Crippen molar-refractivity contribution in [3.05, 3.63) is 41.4 Å². The van der Waals surface area contributed by atoms with Crippen molar-refractivity contribution in [2.24, 2.45) is 7.05 Å². The average Bonchev–Trinajstić information content (AvgIpc) is 3.22. The van der Waals surface area contributed by atoms with Gasteiger partial charge in [-0.15, -0.1) is 11.3 Å². The molecule has 0 aliphatic carbocycles. The fourth-order valence-corrected chi connectivity index (χ4v) is 3.59. The van der Waals surface area contributed by atoms with Crippen molar-refractivity contribution >= 4 is 50.8 Å². The third kappa shape index (κ3) is 3.34. The minimum Gasteiger partial charge on any atom is -0.465 e. The quantitative estimate of drug-likeness (QED) is 0.491. The molecule has 4 aromatic heterocycles. The Balaban J connectivity index is 1.64. The van der Waals surface area contributed by atoms with E-state index < -0.39 is 0 Å². The minimum absolute atomic E-state index is 0.365. The van der Waals surface area contributed by atoms with E-state index in [1.54, 1.807) is 36.4 Å². The summed E-state index contributed by atoms with van der Waals surface area (Å²) < 4.78 is 6.44. The summed E-state index contributed by atoms with van der Waals surface area (Å²) in [6.07, 6.45) is 6.41. The third-order valence-electron chi connectivity index (χ3n) is 3.93. The number of thiophene rings is 1. The van der Waals surface area contributed by atoms with Crippen molar-refractivity contribution in [1.29, 1.82) is 0 Å². The van der Waals surface area contributed by atoms with Crippen LogP contribution in [0.5, 0.6) is 0 Å². The van der Waals surface area contributed by atoms with Gasteiger partial charge in [0.15, 0.2) is 11.5 Å². The Hall–Kier alpha value is -3.60. The van der Waals surface area contributed by atoms with Crippen molar-refractivity contribution in [3.63, 3.8) is 0 Å². The molecule has 0 radical (unpaired) electrons. The molecule has 0 saturated carbocycles. The molecule has 0 atom stereocenters. The van der Waals surface area contributed by atoms with E-state index in [9.17, 15) is 4.79 Å². The predicted octanol–water partition coefficient (Wildman–Crippen LogP) is 2.80. The molecular formula is C17H16N8O2S. The monoisotopic (exact) mass is 396 g/mol. The molecule has 0 saturated heterocycles. The number of ether oxygens (including phenoxy) is 1. The van der Waals surface area contributed by atoms with Crippen LogP contribution in [-0.2, 0) is 11.8 Å². The van der Waals surface area contributed by atoms with E-state index in [4.69, 9.17) is 4.74 Å². The summed E-state index contributed by atoms with van der Waals surface area (Å²) in [5.41, 5.74) is 2.26. The molecule has 10 nitrogen and oxygen atoms in total. The topological polar surface area (TPSA) is 120 Å². The van der Waals surface area contributed by atoms with Crippen LogP contribution < -0.4 is 10.6 Å². The first-order valence-corrected chi connectivity index (χ1v) is 9.04. The van der Waals surface area contributed by atoms with Gasteiger partial charge < -0.3 is 15.4 Å². The number of rotatable bonds is 5. The van der Waals surface area contributed by atoms with Crippen LogP contribution in [0, 0.1) is 6.92 Å². The zero-order chi connectivity index (χ0) is 19.7. The van der Waals surface area contributed by atoms with Gasteiger partial charge in [0.2, 0.25) is 5.95 Å². The summed E-state index contributed by atoms with van der Waals surface area (Å²) in [7, 11) is 3.17. The largest absolute Gasteiger partial charge is 0.465 e. The maximum absolute atomic E-state index is 11.7. The molecule has 0 spiro atoms. The van der Waals surface area contributed by atoms with Crippen molar-refractivity contribution in [2.45, 2.75) is 6.92 Å². The van der Waals surface area contributed by atoms with Gasteiger partial charge in [-0.25, -0.2) is 24.4 Å². The van der Waals surface area contributed by atoms with Gasteiger partial charge in [0, 0.05) is 13.2 Å².